The van der Waals surface area contributed by atoms with E-state index in [1.54, 1.807) is 19.4 Å². The fraction of sp³-hybridized carbons (Fsp3) is 0.273. The lowest BCUT2D eigenvalue weighted by Crippen LogP contribution is -2.27. The molecule has 0 radical (unpaired) electrons. The Morgan fingerprint density at radius 2 is 2.30 bits per heavy atom. The molecule has 8 nitrogen and oxygen atoms in total. The van der Waals surface area contributed by atoms with E-state index in [4.69, 9.17) is 5.14 Å². The molecule has 0 saturated heterocycles. The number of carbonyl (C=O) groups is 1. The molecule has 0 aromatic carbocycles. The number of nitrogens with zero attached hydrogens (tertiary/aromatic N) is 2. The average molecular weight is 297 g/mol. The molecule has 2 rings (SSSR count). The van der Waals surface area contributed by atoms with Gasteiger partial charge in [0.25, 0.3) is 5.91 Å². The Labute approximate surface area is 116 Å². The second-order valence-corrected chi connectivity index (χ2v) is 5.82. The van der Waals surface area contributed by atoms with E-state index in [0.29, 0.717) is 13.0 Å². The molecule has 1 amide bonds. The first kappa shape index (κ1) is 14.3. The van der Waals surface area contributed by atoms with Crippen molar-refractivity contribution in [2.45, 2.75) is 11.3 Å². The van der Waals surface area contributed by atoms with Crippen LogP contribution in [-0.4, -0.2) is 35.4 Å². The van der Waals surface area contributed by atoms with Crippen molar-refractivity contribution in [1.29, 1.82) is 0 Å². The highest BCUT2D eigenvalue weighted by Crippen LogP contribution is 2.11. The SMILES string of the molecule is Cn1cc(S(N)(=O)=O)cc1C(=O)NCCc1ncc[nH]1. The number of nitrogens with one attached hydrogen (secondary N) is 2. The minimum absolute atomic E-state index is 0.0869. The van der Waals surface area contributed by atoms with Gasteiger partial charge in [-0.2, -0.15) is 0 Å². The Bertz CT molecular complexity index is 703. The minimum Gasteiger partial charge on any atom is -0.350 e. The number of hydrogen-bond acceptors (Lipinski definition) is 4. The number of carbonyl (C=O) groups excluding carboxylic acids is 1. The maximum absolute atomic E-state index is 11.9. The van der Waals surface area contributed by atoms with Crippen LogP contribution < -0.4 is 10.5 Å². The fourth-order valence-electron chi connectivity index (χ4n) is 1.74. The Kier molecular flexibility index (Phi) is 3.91. The first-order chi connectivity index (χ1) is 9.38. The lowest BCUT2D eigenvalue weighted by molar-refractivity contribution is 0.0946. The van der Waals surface area contributed by atoms with Crippen LogP contribution in [0.3, 0.4) is 0 Å². The molecule has 0 saturated carbocycles. The van der Waals surface area contributed by atoms with E-state index in [1.165, 1.54) is 16.8 Å². The molecule has 4 N–H and O–H groups in total. The maximum atomic E-state index is 11.9. The number of aromatic amines is 1. The topological polar surface area (TPSA) is 123 Å². The van der Waals surface area contributed by atoms with Gasteiger partial charge in [-0.1, -0.05) is 0 Å². The highest BCUT2D eigenvalue weighted by molar-refractivity contribution is 7.89. The molecule has 0 bridgehead atoms. The van der Waals surface area contributed by atoms with E-state index >= 15 is 0 Å². The average Bonchev–Trinajstić information content (AvgIpc) is 2.97. The summed E-state index contributed by atoms with van der Waals surface area (Å²) in [5, 5.41) is 7.71. The summed E-state index contributed by atoms with van der Waals surface area (Å²) in [5.41, 5.74) is 0.230. The normalized spacial score (nSPS) is 11.5. The van der Waals surface area contributed by atoms with E-state index in [1.807, 2.05) is 0 Å². The van der Waals surface area contributed by atoms with Gasteiger partial charge in [0.15, 0.2) is 0 Å². The van der Waals surface area contributed by atoms with Crippen molar-refractivity contribution in [3.63, 3.8) is 0 Å². The number of aromatic nitrogens is 3. The van der Waals surface area contributed by atoms with Crippen molar-refractivity contribution in [3.8, 4) is 0 Å². The van der Waals surface area contributed by atoms with Crippen molar-refractivity contribution >= 4 is 15.9 Å². The molecule has 0 spiro atoms. The number of sulfonamides is 1. The van der Waals surface area contributed by atoms with Gasteiger partial charge >= 0.3 is 0 Å². The van der Waals surface area contributed by atoms with Crippen molar-refractivity contribution in [3.05, 3.63) is 36.2 Å². The van der Waals surface area contributed by atoms with Gasteiger partial charge in [0, 0.05) is 38.6 Å². The quantitative estimate of drug-likeness (QED) is 0.679. The van der Waals surface area contributed by atoms with Gasteiger partial charge in [-0.25, -0.2) is 18.5 Å². The van der Waals surface area contributed by atoms with E-state index in [2.05, 4.69) is 15.3 Å². The molecule has 0 fully saturated rings. The summed E-state index contributed by atoms with van der Waals surface area (Å²) in [6.07, 6.45) is 5.20. The number of hydrogen-bond donors (Lipinski definition) is 3. The van der Waals surface area contributed by atoms with Crippen LogP contribution in [0.25, 0.3) is 0 Å². The van der Waals surface area contributed by atoms with Gasteiger partial charge < -0.3 is 14.9 Å². The van der Waals surface area contributed by atoms with Crippen LogP contribution in [0.4, 0.5) is 0 Å². The van der Waals surface area contributed by atoms with Crippen LogP contribution in [0.1, 0.15) is 16.3 Å². The van der Waals surface area contributed by atoms with Crippen molar-refractivity contribution in [2.75, 3.05) is 6.54 Å². The third kappa shape index (κ3) is 3.25. The molecule has 0 unspecified atom stereocenters. The van der Waals surface area contributed by atoms with E-state index in [9.17, 15) is 13.2 Å². The first-order valence-electron chi connectivity index (χ1n) is 5.83. The largest absolute Gasteiger partial charge is 0.350 e. The number of imidazole rings is 1. The summed E-state index contributed by atoms with van der Waals surface area (Å²) < 4.78 is 23.8. The zero-order valence-corrected chi connectivity index (χ0v) is 11.6. The van der Waals surface area contributed by atoms with Crippen molar-refractivity contribution < 1.29 is 13.2 Å². The molecular weight excluding hydrogens is 282 g/mol. The lowest BCUT2D eigenvalue weighted by Gasteiger charge is -2.04. The zero-order valence-electron chi connectivity index (χ0n) is 10.8. The molecule has 20 heavy (non-hydrogen) atoms. The van der Waals surface area contributed by atoms with Gasteiger partial charge in [-0.3, -0.25) is 4.79 Å². The van der Waals surface area contributed by atoms with Crippen LogP contribution in [-0.2, 0) is 23.5 Å². The predicted octanol–water partition coefficient (Wildman–Crippen LogP) is -0.632. The van der Waals surface area contributed by atoms with Crippen molar-refractivity contribution in [1.82, 2.24) is 19.9 Å². The van der Waals surface area contributed by atoms with E-state index < -0.39 is 10.0 Å². The summed E-state index contributed by atoms with van der Waals surface area (Å²) in [7, 11) is -2.23. The molecule has 9 heteroatoms. The number of amides is 1. The first-order valence-corrected chi connectivity index (χ1v) is 7.38. The van der Waals surface area contributed by atoms with E-state index in [-0.39, 0.29) is 16.5 Å². The Hall–Kier alpha value is -2.13. The number of aryl methyl sites for hydroxylation is 1. The van der Waals surface area contributed by atoms with Crippen LogP contribution >= 0.6 is 0 Å². The monoisotopic (exact) mass is 297 g/mol. The molecule has 0 atom stereocenters. The molecule has 2 heterocycles. The predicted molar refractivity (Wildman–Crippen MR) is 71.4 cm³/mol. The summed E-state index contributed by atoms with van der Waals surface area (Å²) >= 11 is 0. The molecule has 2 aromatic rings. The Balaban J connectivity index is 2.00. The van der Waals surface area contributed by atoms with Crippen LogP contribution in [0.15, 0.2) is 29.6 Å². The number of primary sulfonamides is 1. The smallest absolute Gasteiger partial charge is 0.267 e. The summed E-state index contributed by atoms with van der Waals surface area (Å²) in [5.74, 6) is 0.399. The number of H-pyrrole nitrogens is 1. The standard InChI is InChI=1S/C11H15N5O3S/c1-16-7-8(20(12,18)19)6-9(16)11(17)15-3-2-10-13-4-5-14-10/h4-7H,2-3H2,1H3,(H,13,14)(H,15,17)(H2,12,18,19). The molecule has 0 aliphatic carbocycles. The van der Waals surface area contributed by atoms with E-state index in [0.717, 1.165) is 5.82 Å². The van der Waals surface area contributed by atoms with Crippen molar-refractivity contribution in [2.24, 2.45) is 12.2 Å². The zero-order chi connectivity index (χ0) is 14.8. The lowest BCUT2D eigenvalue weighted by atomic mass is 10.3. The molecule has 108 valence electrons. The second kappa shape index (κ2) is 5.47. The number of nitrogens with two attached hydrogens (primary N) is 1. The summed E-state index contributed by atoms with van der Waals surface area (Å²) in [4.78, 5) is 18.8. The fourth-order valence-corrected chi connectivity index (χ4v) is 2.32. The maximum Gasteiger partial charge on any atom is 0.267 e. The summed E-state index contributed by atoms with van der Waals surface area (Å²) in [6.45, 7) is 0.391. The Morgan fingerprint density at radius 3 is 2.85 bits per heavy atom. The van der Waals surface area contributed by atoms with Crippen LogP contribution in [0.5, 0.6) is 0 Å². The second-order valence-electron chi connectivity index (χ2n) is 4.26. The van der Waals surface area contributed by atoms with Gasteiger partial charge in [0.2, 0.25) is 10.0 Å². The Morgan fingerprint density at radius 1 is 1.55 bits per heavy atom. The van der Waals surface area contributed by atoms with Gasteiger partial charge in [-0.15, -0.1) is 0 Å². The molecule has 2 aromatic heterocycles. The van der Waals surface area contributed by atoms with Gasteiger partial charge in [0.1, 0.15) is 16.4 Å². The molecular formula is C11H15N5O3S. The van der Waals surface area contributed by atoms with Crippen LogP contribution in [0.2, 0.25) is 0 Å². The summed E-state index contributed by atoms with van der Waals surface area (Å²) in [6, 6.07) is 1.25. The van der Waals surface area contributed by atoms with Gasteiger partial charge in [0.05, 0.1) is 0 Å². The number of rotatable bonds is 5. The van der Waals surface area contributed by atoms with Crippen LogP contribution in [0, 0.1) is 0 Å². The third-order valence-corrected chi connectivity index (χ3v) is 3.62. The highest BCUT2D eigenvalue weighted by Gasteiger charge is 2.17. The highest BCUT2D eigenvalue weighted by atomic mass is 32.2. The van der Waals surface area contributed by atoms with Gasteiger partial charge in [-0.05, 0) is 6.07 Å². The minimum atomic E-state index is -3.81. The molecule has 0 aliphatic rings. The molecule has 0 aliphatic heterocycles. The third-order valence-electron chi connectivity index (χ3n) is 2.74.